The Labute approximate surface area is 195 Å². The molecule has 3 atom stereocenters. The van der Waals surface area contributed by atoms with Crippen LogP contribution in [0.15, 0.2) is 46.8 Å². The zero-order valence-corrected chi connectivity index (χ0v) is 20.4. The number of benzene rings is 1. The summed E-state index contributed by atoms with van der Waals surface area (Å²) in [5, 5.41) is 3.27. The van der Waals surface area contributed by atoms with Gasteiger partial charge in [-0.15, -0.1) is 0 Å². The Hall–Kier alpha value is -3.09. The number of Topliss-reactive ketones (excluding diaryl/α,β-unsaturated/α-hetero) is 1. The highest BCUT2D eigenvalue weighted by Gasteiger charge is 2.47. The first kappa shape index (κ1) is 24.6. The molecule has 0 unspecified atom stereocenters. The number of anilines is 1. The van der Waals surface area contributed by atoms with Crippen molar-refractivity contribution in [3.05, 3.63) is 52.4 Å². The van der Waals surface area contributed by atoms with Gasteiger partial charge in [0.1, 0.15) is 5.92 Å². The van der Waals surface area contributed by atoms with Gasteiger partial charge in [0.25, 0.3) is 0 Å². The number of carbonyl (C=O) groups is 3. The number of dihydropyridines is 1. The lowest BCUT2D eigenvalue weighted by Gasteiger charge is -2.38. The number of rotatable bonds is 7. The topological polar surface area (TPSA) is 84.9 Å². The first-order valence-corrected chi connectivity index (χ1v) is 11.6. The molecule has 1 N–H and O–H groups in total. The van der Waals surface area contributed by atoms with Crippen LogP contribution in [0.2, 0.25) is 0 Å². The predicted octanol–water partition coefficient (Wildman–Crippen LogP) is 3.71. The standard InChI is InChI=1S/C26H34N2O5/c1-7-28(8-2)18-12-10-17(11-13-18)22-21(26(31)33-9-3)16(5)27-19-14-15(4)20(25(30)32-6)24(29)23(19)22/h10-13,15,20,22,27H,7-9,14H2,1-6H3/t15-,20-,22+/m1/s1. The van der Waals surface area contributed by atoms with Crippen LogP contribution in [0, 0.1) is 11.8 Å². The highest BCUT2D eigenvalue weighted by Crippen LogP contribution is 2.45. The Morgan fingerprint density at radius 1 is 1.12 bits per heavy atom. The first-order chi connectivity index (χ1) is 15.8. The summed E-state index contributed by atoms with van der Waals surface area (Å²) in [4.78, 5) is 41.4. The molecule has 178 valence electrons. The van der Waals surface area contributed by atoms with Crippen LogP contribution in [-0.2, 0) is 23.9 Å². The van der Waals surface area contributed by atoms with Gasteiger partial charge in [-0.3, -0.25) is 9.59 Å². The molecular formula is C26H34N2O5. The van der Waals surface area contributed by atoms with Gasteiger partial charge in [-0.2, -0.15) is 0 Å². The van der Waals surface area contributed by atoms with E-state index in [-0.39, 0.29) is 18.3 Å². The molecule has 1 aromatic carbocycles. The molecule has 2 aliphatic rings. The van der Waals surface area contributed by atoms with Gasteiger partial charge in [0.15, 0.2) is 5.78 Å². The molecule has 0 spiro atoms. The fraction of sp³-hybridized carbons (Fsp3) is 0.500. The van der Waals surface area contributed by atoms with Crippen molar-refractivity contribution in [3.8, 4) is 0 Å². The summed E-state index contributed by atoms with van der Waals surface area (Å²) in [6, 6.07) is 7.94. The maximum atomic E-state index is 13.7. The molecule has 0 radical (unpaired) electrons. The Morgan fingerprint density at radius 3 is 2.30 bits per heavy atom. The molecule has 33 heavy (non-hydrogen) atoms. The van der Waals surface area contributed by atoms with Crippen LogP contribution in [0.5, 0.6) is 0 Å². The number of ether oxygens (including phenoxy) is 2. The van der Waals surface area contributed by atoms with E-state index in [4.69, 9.17) is 9.47 Å². The van der Waals surface area contributed by atoms with Gasteiger partial charge in [-0.1, -0.05) is 19.1 Å². The third kappa shape index (κ3) is 4.54. The second kappa shape index (κ2) is 10.2. The van der Waals surface area contributed by atoms with E-state index >= 15 is 0 Å². The van der Waals surface area contributed by atoms with Gasteiger partial charge < -0.3 is 19.7 Å². The van der Waals surface area contributed by atoms with Crippen molar-refractivity contribution >= 4 is 23.4 Å². The van der Waals surface area contributed by atoms with Crippen molar-refractivity contribution in [1.82, 2.24) is 5.32 Å². The molecular weight excluding hydrogens is 420 g/mol. The highest BCUT2D eigenvalue weighted by molar-refractivity contribution is 6.12. The summed E-state index contributed by atoms with van der Waals surface area (Å²) < 4.78 is 10.3. The van der Waals surface area contributed by atoms with E-state index in [0.29, 0.717) is 23.3 Å². The normalized spacial score (nSPS) is 22.5. The maximum absolute atomic E-state index is 13.7. The molecule has 1 aliphatic carbocycles. The highest BCUT2D eigenvalue weighted by atomic mass is 16.5. The van der Waals surface area contributed by atoms with E-state index in [1.807, 2.05) is 38.1 Å². The molecule has 3 rings (SSSR count). The largest absolute Gasteiger partial charge is 0.468 e. The van der Waals surface area contributed by atoms with E-state index in [1.54, 1.807) is 6.92 Å². The molecule has 0 bridgehead atoms. The molecule has 7 nitrogen and oxygen atoms in total. The van der Waals surface area contributed by atoms with Crippen molar-refractivity contribution < 1.29 is 23.9 Å². The second-order valence-electron chi connectivity index (χ2n) is 8.52. The Kier molecular flexibility index (Phi) is 7.61. The number of hydrogen-bond donors (Lipinski definition) is 1. The van der Waals surface area contributed by atoms with E-state index in [9.17, 15) is 14.4 Å². The number of methoxy groups -OCH3 is 1. The van der Waals surface area contributed by atoms with Crippen molar-refractivity contribution in [2.24, 2.45) is 11.8 Å². The summed E-state index contributed by atoms with van der Waals surface area (Å²) >= 11 is 0. The minimum absolute atomic E-state index is 0.209. The summed E-state index contributed by atoms with van der Waals surface area (Å²) in [6.45, 7) is 11.6. The number of ketones is 1. The summed E-state index contributed by atoms with van der Waals surface area (Å²) in [5.41, 5.74) is 4.16. The lowest BCUT2D eigenvalue weighted by atomic mass is 9.69. The van der Waals surface area contributed by atoms with Crippen LogP contribution in [0.25, 0.3) is 0 Å². The first-order valence-electron chi connectivity index (χ1n) is 11.6. The Morgan fingerprint density at radius 2 is 1.76 bits per heavy atom. The monoisotopic (exact) mass is 454 g/mol. The molecule has 1 aliphatic heterocycles. The third-order valence-electron chi connectivity index (χ3n) is 6.59. The number of allylic oxidation sites excluding steroid dienone is 3. The fourth-order valence-corrected chi connectivity index (χ4v) is 4.96. The zero-order chi connectivity index (χ0) is 24.3. The van der Waals surface area contributed by atoms with Gasteiger partial charge in [0.2, 0.25) is 0 Å². The maximum Gasteiger partial charge on any atom is 0.336 e. The second-order valence-corrected chi connectivity index (χ2v) is 8.52. The van der Waals surface area contributed by atoms with Gasteiger partial charge >= 0.3 is 11.9 Å². The van der Waals surface area contributed by atoms with Crippen molar-refractivity contribution in [3.63, 3.8) is 0 Å². The van der Waals surface area contributed by atoms with Gasteiger partial charge in [0.05, 0.1) is 19.3 Å². The van der Waals surface area contributed by atoms with Gasteiger partial charge in [-0.05, 0) is 57.7 Å². The number of hydrogen-bond acceptors (Lipinski definition) is 7. The number of nitrogens with one attached hydrogen (secondary N) is 1. The summed E-state index contributed by atoms with van der Waals surface area (Å²) in [6.07, 6.45) is 0.516. The van der Waals surface area contributed by atoms with Crippen LogP contribution in [-0.4, -0.2) is 44.5 Å². The van der Waals surface area contributed by atoms with E-state index < -0.39 is 23.8 Å². The molecule has 0 fully saturated rings. The van der Waals surface area contributed by atoms with Crippen molar-refractivity contribution in [2.75, 3.05) is 31.7 Å². The lowest BCUT2D eigenvalue weighted by Crippen LogP contribution is -2.43. The summed E-state index contributed by atoms with van der Waals surface area (Å²) in [7, 11) is 1.29. The summed E-state index contributed by atoms with van der Waals surface area (Å²) in [5.74, 6) is -3.02. The zero-order valence-electron chi connectivity index (χ0n) is 20.4. The molecule has 1 heterocycles. The van der Waals surface area contributed by atoms with Gasteiger partial charge in [0, 0.05) is 41.7 Å². The number of carbonyl (C=O) groups excluding carboxylic acids is 3. The number of nitrogens with zero attached hydrogens (tertiary/aromatic N) is 1. The molecule has 0 saturated carbocycles. The average Bonchev–Trinajstić information content (AvgIpc) is 2.79. The molecule has 0 saturated heterocycles. The van der Waals surface area contributed by atoms with E-state index in [0.717, 1.165) is 30.0 Å². The molecule has 7 heteroatoms. The Balaban J connectivity index is 2.15. The van der Waals surface area contributed by atoms with Crippen molar-refractivity contribution in [2.45, 2.75) is 47.0 Å². The number of esters is 2. The molecule has 1 aromatic rings. The van der Waals surface area contributed by atoms with E-state index in [2.05, 4.69) is 24.1 Å². The fourth-order valence-electron chi connectivity index (χ4n) is 4.96. The van der Waals surface area contributed by atoms with E-state index in [1.165, 1.54) is 7.11 Å². The predicted molar refractivity (Wildman–Crippen MR) is 127 cm³/mol. The van der Waals surface area contributed by atoms with Gasteiger partial charge in [-0.25, -0.2) is 4.79 Å². The minimum Gasteiger partial charge on any atom is -0.468 e. The average molecular weight is 455 g/mol. The molecule has 0 aromatic heterocycles. The van der Waals surface area contributed by atoms with Crippen LogP contribution >= 0.6 is 0 Å². The Bertz CT molecular complexity index is 988. The lowest BCUT2D eigenvalue weighted by molar-refractivity contribution is -0.151. The van der Waals surface area contributed by atoms with Crippen molar-refractivity contribution in [1.29, 1.82) is 0 Å². The molecule has 0 amide bonds. The quantitative estimate of drug-likeness (QED) is 0.497. The SMILES string of the molecule is CCOC(=O)C1=C(C)NC2=C(C(=O)[C@H](C(=O)OC)[C@H](C)C2)[C@H]1c1ccc(N(CC)CC)cc1. The van der Waals surface area contributed by atoms with Crippen LogP contribution < -0.4 is 10.2 Å². The third-order valence-corrected chi connectivity index (χ3v) is 6.59. The smallest absolute Gasteiger partial charge is 0.336 e. The minimum atomic E-state index is -0.894. The van der Waals surface area contributed by atoms with Crippen LogP contribution in [0.4, 0.5) is 5.69 Å². The van der Waals surface area contributed by atoms with Crippen LogP contribution in [0.1, 0.15) is 52.5 Å². The van der Waals surface area contributed by atoms with Crippen LogP contribution in [0.3, 0.4) is 0 Å².